The van der Waals surface area contributed by atoms with E-state index in [2.05, 4.69) is 10.6 Å². The molecule has 1 saturated heterocycles. The van der Waals surface area contributed by atoms with Crippen molar-refractivity contribution in [2.45, 2.75) is 0 Å². The van der Waals surface area contributed by atoms with Crippen molar-refractivity contribution in [1.29, 1.82) is 0 Å². The van der Waals surface area contributed by atoms with Crippen LogP contribution in [0, 0.1) is 0 Å². The van der Waals surface area contributed by atoms with E-state index < -0.39 is 0 Å². The maximum atomic E-state index is 12.5. The van der Waals surface area contributed by atoms with E-state index in [0.29, 0.717) is 40.1 Å². The Balaban J connectivity index is 1.59. The molecular formula is C19H18Cl2N4O3. The summed E-state index contributed by atoms with van der Waals surface area (Å²) in [5.74, 6) is -0.665. The SMILES string of the molecule is CN(CC(=O)Nc1ccc(Cl)c(Cl)c1)C(=O)c1ccc(N2CCNC2=O)cc1. The first-order valence-electron chi connectivity index (χ1n) is 8.51. The number of anilines is 2. The summed E-state index contributed by atoms with van der Waals surface area (Å²) >= 11 is 11.8. The number of carbonyl (C=O) groups is 3. The van der Waals surface area contributed by atoms with Crippen LogP contribution in [-0.4, -0.2) is 49.4 Å². The molecule has 1 heterocycles. The second-order valence-electron chi connectivity index (χ2n) is 6.27. The number of nitrogens with zero attached hydrogens (tertiary/aromatic N) is 2. The number of nitrogens with one attached hydrogen (secondary N) is 2. The molecule has 0 bridgehead atoms. The molecule has 1 aliphatic rings. The van der Waals surface area contributed by atoms with Crippen LogP contribution < -0.4 is 15.5 Å². The maximum Gasteiger partial charge on any atom is 0.321 e. The van der Waals surface area contributed by atoms with Crippen LogP contribution in [0.4, 0.5) is 16.2 Å². The highest BCUT2D eigenvalue weighted by molar-refractivity contribution is 6.42. The number of likely N-dealkylation sites (N-methyl/N-ethyl adjacent to an activating group) is 1. The largest absolute Gasteiger partial charge is 0.336 e. The zero-order chi connectivity index (χ0) is 20.3. The first kappa shape index (κ1) is 20.0. The van der Waals surface area contributed by atoms with Crippen molar-refractivity contribution in [2.24, 2.45) is 0 Å². The topological polar surface area (TPSA) is 81.8 Å². The Hall–Kier alpha value is -2.77. The number of benzene rings is 2. The van der Waals surface area contributed by atoms with Gasteiger partial charge in [0.2, 0.25) is 5.91 Å². The van der Waals surface area contributed by atoms with Gasteiger partial charge in [0.05, 0.1) is 16.6 Å². The van der Waals surface area contributed by atoms with Gasteiger partial charge in [-0.25, -0.2) is 4.79 Å². The predicted octanol–water partition coefficient (Wildman–Crippen LogP) is 3.23. The second kappa shape index (κ2) is 8.50. The fraction of sp³-hybridized carbons (Fsp3) is 0.211. The van der Waals surface area contributed by atoms with Crippen LogP contribution in [0.25, 0.3) is 0 Å². The molecule has 0 atom stereocenters. The van der Waals surface area contributed by atoms with Crippen molar-refractivity contribution >= 4 is 52.4 Å². The third-order valence-corrected chi connectivity index (χ3v) is 4.95. The van der Waals surface area contributed by atoms with Gasteiger partial charge in [0.1, 0.15) is 0 Å². The molecule has 28 heavy (non-hydrogen) atoms. The monoisotopic (exact) mass is 420 g/mol. The molecule has 0 aromatic heterocycles. The van der Waals surface area contributed by atoms with Crippen LogP contribution in [0.1, 0.15) is 10.4 Å². The molecule has 9 heteroatoms. The van der Waals surface area contributed by atoms with Gasteiger partial charge in [0, 0.05) is 37.1 Å². The van der Waals surface area contributed by atoms with Gasteiger partial charge < -0.3 is 15.5 Å². The van der Waals surface area contributed by atoms with E-state index >= 15 is 0 Å². The van der Waals surface area contributed by atoms with Crippen LogP contribution in [-0.2, 0) is 4.79 Å². The number of halogens is 2. The van der Waals surface area contributed by atoms with Crippen molar-refractivity contribution in [3.63, 3.8) is 0 Å². The fourth-order valence-corrected chi connectivity index (χ4v) is 3.08. The lowest BCUT2D eigenvalue weighted by molar-refractivity contribution is -0.116. The molecule has 2 aromatic carbocycles. The Morgan fingerprint density at radius 1 is 1.14 bits per heavy atom. The summed E-state index contributed by atoms with van der Waals surface area (Å²) in [5.41, 5.74) is 1.63. The van der Waals surface area contributed by atoms with Gasteiger partial charge in [-0.2, -0.15) is 0 Å². The molecule has 0 spiro atoms. The summed E-state index contributed by atoms with van der Waals surface area (Å²) in [5, 5.41) is 6.11. The average molecular weight is 421 g/mol. The molecule has 4 amide bonds. The van der Waals surface area contributed by atoms with Gasteiger partial charge in [-0.15, -0.1) is 0 Å². The number of hydrogen-bond acceptors (Lipinski definition) is 3. The van der Waals surface area contributed by atoms with Crippen LogP contribution in [0.3, 0.4) is 0 Å². The van der Waals surface area contributed by atoms with Crippen molar-refractivity contribution in [2.75, 3.05) is 36.9 Å². The number of urea groups is 1. The predicted molar refractivity (Wildman–Crippen MR) is 109 cm³/mol. The van der Waals surface area contributed by atoms with Gasteiger partial charge in [0.15, 0.2) is 0 Å². The van der Waals surface area contributed by atoms with Crippen LogP contribution in [0.15, 0.2) is 42.5 Å². The van der Waals surface area contributed by atoms with E-state index in [1.165, 1.54) is 11.0 Å². The van der Waals surface area contributed by atoms with Gasteiger partial charge in [-0.3, -0.25) is 14.5 Å². The molecule has 0 unspecified atom stereocenters. The smallest absolute Gasteiger partial charge is 0.321 e. The lowest BCUT2D eigenvalue weighted by Crippen LogP contribution is -2.35. The Kier molecular flexibility index (Phi) is 6.06. The summed E-state index contributed by atoms with van der Waals surface area (Å²) in [6.07, 6.45) is 0. The zero-order valence-corrected chi connectivity index (χ0v) is 16.5. The van der Waals surface area contributed by atoms with Gasteiger partial charge in [-0.1, -0.05) is 23.2 Å². The Bertz CT molecular complexity index is 918. The molecular weight excluding hydrogens is 403 g/mol. The molecule has 2 aromatic rings. The van der Waals surface area contributed by atoms with E-state index in [1.54, 1.807) is 48.3 Å². The van der Waals surface area contributed by atoms with E-state index in [0.717, 1.165) is 0 Å². The quantitative estimate of drug-likeness (QED) is 0.778. The Morgan fingerprint density at radius 2 is 1.86 bits per heavy atom. The number of carbonyl (C=O) groups excluding carboxylic acids is 3. The minimum Gasteiger partial charge on any atom is -0.336 e. The highest BCUT2D eigenvalue weighted by Gasteiger charge is 2.22. The van der Waals surface area contributed by atoms with Gasteiger partial charge >= 0.3 is 6.03 Å². The summed E-state index contributed by atoms with van der Waals surface area (Å²) in [7, 11) is 1.54. The van der Waals surface area contributed by atoms with Crippen LogP contribution >= 0.6 is 23.2 Å². The van der Waals surface area contributed by atoms with E-state index in [4.69, 9.17) is 23.2 Å². The van der Waals surface area contributed by atoms with Crippen molar-refractivity contribution in [3.05, 3.63) is 58.1 Å². The number of hydrogen-bond donors (Lipinski definition) is 2. The standard InChI is InChI=1S/C19H18Cl2N4O3/c1-24(11-17(26)23-13-4-7-15(20)16(21)10-13)18(27)12-2-5-14(6-3-12)25-9-8-22-19(25)28/h2-7,10H,8-9,11H2,1H3,(H,22,28)(H,23,26). The first-order valence-corrected chi connectivity index (χ1v) is 9.26. The Morgan fingerprint density at radius 3 is 2.46 bits per heavy atom. The number of amides is 4. The van der Waals surface area contributed by atoms with Crippen molar-refractivity contribution in [1.82, 2.24) is 10.2 Å². The zero-order valence-electron chi connectivity index (χ0n) is 15.0. The average Bonchev–Trinajstić information content (AvgIpc) is 3.10. The second-order valence-corrected chi connectivity index (χ2v) is 7.08. The molecule has 1 aliphatic heterocycles. The van der Waals surface area contributed by atoms with Crippen LogP contribution in [0.5, 0.6) is 0 Å². The van der Waals surface area contributed by atoms with Gasteiger partial charge in [-0.05, 0) is 42.5 Å². The van der Waals surface area contributed by atoms with Crippen LogP contribution in [0.2, 0.25) is 10.0 Å². The highest BCUT2D eigenvalue weighted by atomic mass is 35.5. The summed E-state index contributed by atoms with van der Waals surface area (Å²) in [6.45, 7) is 1.05. The molecule has 146 valence electrons. The minimum absolute atomic E-state index is 0.130. The lowest BCUT2D eigenvalue weighted by Gasteiger charge is -2.18. The fourth-order valence-electron chi connectivity index (χ4n) is 2.78. The van der Waals surface area contributed by atoms with E-state index in [9.17, 15) is 14.4 Å². The molecule has 2 N–H and O–H groups in total. The Labute approximate surface area is 172 Å². The summed E-state index contributed by atoms with van der Waals surface area (Å²) in [4.78, 5) is 39.3. The van der Waals surface area contributed by atoms with Crippen molar-refractivity contribution < 1.29 is 14.4 Å². The molecule has 0 aliphatic carbocycles. The van der Waals surface area contributed by atoms with E-state index in [-0.39, 0.29) is 24.4 Å². The van der Waals surface area contributed by atoms with E-state index in [1.807, 2.05) is 0 Å². The molecule has 7 nitrogen and oxygen atoms in total. The summed E-state index contributed by atoms with van der Waals surface area (Å²) < 4.78 is 0. The third kappa shape index (κ3) is 4.55. The molecule has 0 radical (unpaired) electrons. The normalized spacial score (nSPS) is 13.2. The molecule has 3 rings (SSSR count). The molecule has 0 saturated carbocycles. The third-order valence-electron chi connectivity index (χ3n) is 4.21. The molecule has 1 fully saturated rings. The van der Waals surface area contributed by atoms with Crippen molar-refractivity contribution in [3.8, 4) is 0 Å². The summed E-state index contributed by atoms with van der Waals surface area (Å²) in [6, 6.07) is 11.3. The minimum atomic E-state index is -0.361. The first-order chi connectivity index (χ1) is 13.3. The maximum absolute atomic E-state index is 12.5. The van der Waals surface area contributed by atoms with Gasteiger partial charge in [0.25, 0.3) is 5.91 Å². The highest BCUT2D eigenvalue weighted by Crippen LogP contribution is 2.25. The lowest BCUT2D eigenvalue weighted by atomic mass is 10.1. The number of rotatable bonds is 5.